The molecule has 0 radical (unpaired) electrons. The molecule has 1 aromatic rings. The molecule has 0 spiro atoms. The van der Waals surface area contributed by atoms with Gasteiger partial charge in [0.05, 0.1) is 12.7 Å². The second kappa shape index (κ2) is 6.09. The van der Waals surface area contributed by atoms with Gasteiger partial charge in [0.15, 0.2) is 0 Å². The molecule has 0 N–H and O–H groups in total. The first-order valence-corrected chi connectivity index (χ1v) is 7.10. The minimum Gasteiger partial charge on any atom is -0.496 e. The molecule has 1 heterocycles. The summed E-state index contributed by atoms with van der Waals surface area (Å²) < 4.78 is 5.34. The van der Waals surface area contributed by atoms with Crippen molar-refractivity contribution < 1.29 is 9.53 Å². The molecule has 0 aromatic heterocycles. The number of carbonyl (C=O) groups excluding carboxylic acids is 1. The van der Waals surface area contributed by atoms with Crippen molar-refractivity contribution in [2.75, 3.05) is 20.2 Å². The number of likely N-dealkylation sites (tertiary alicyclic amines) is 1. The number of ether oxygens (including phenoxy) is 1. The third-order valence-electron chi connectivity index (χ3n) is 3.76. The van der Waals surface area contributed by atoms with Crippen LogP contribution in [0.4, 0.5) is 0 Å². The van der Waals surface area contributed by atoms with E-state index in [1.54, 1.807) is 7.11 Å². The molecule has 1 aliphatic rings. The number of carbonyl (C=O) groups is 1. The summed E-state index contributed by atoms with van der Waals surface area (Å²) in [5, 5.41) is 0. The van der Waals surface area contributed by atoms with Crippen LogP contribution in [0.3, 0.4) is 0 Å². The Morgan fingerprint density at radius 3 is 2.47 bits per heavy atom. The Kier molecular flexibility index (Phi) is 4.46. The van der Waals surface area contributed by atoms with Crippen molar-refractivity contribution >= 4 is 5.91 Å². The fourth-order valence-electron chi connectivity index (χ4n) is 2.52. The second-order valence-electron chi connectivity index (χ2n) is 5.47. The van der Waals surface area contributed by atoms with E-state index in [1.807, 2.05) is 23.1 Å². The average molecular weight is 261 g/mol. The van der Waals surface area contributed by atoms with E-state index in [2.05, 4.69) is 13.8 Å². The summed E-state index contributed by atoms with van der Waals surface area (Å²) >= 11 is 0. The maximum Gasteiger partial charge on any atom is 0.257 e. The highest BCUT2D eigenvalue weighted by molar-refractivity contribution is 5.97. The Bertz CT molecular complexity index is 448. The van der Waals surface area contributed by atoms with Gasteiger partial charge in [-0.25, -0.2) is 0 Å². The van der Waals surface area contributed by atoms with E-state index in [4.69, 9.17) is 4.74 Å². The lowest BCUT2D eigenvalue weighted by Gasteiger charge is -2.27. The van der Waals surface area contributed by atoms with Crippen LogP contribution in [-0.2, 0) is 0 Å². The van der Waals surface area contributed by atoms with Gasteiger partial charge in [-0.2, -0.15) is 0 Å². The summed E-state index contributed by atoms with van der Waals surface area (Å²) in [6, 6.07) is 5.93. The van der Waals surface area contributed by atoms with E-state index >= 15 is 0 Å². The number of methoxy groups -OCH3 is 1. The van der Waals surface area contributed by atoms with Gasteiger partial charge in [0, 0.05) is 13.1 Å². The van der Waals surface area contributed by atoms with Gasteiger partial charge in [0.25, 0.3) is 5.91 Å². The summed E-state index contributed by atoms with van der Waals surface area (Å²) in [6.07, 6.45) is 3.45. The van der Waals surface area contributed by atoms with Crippen molar-refractivity contribution in [3.05, 3.63) is 29.3 Å². The van der Waals surface area contributed by atoms with Crippen molar-refractivity contribution in [3.63, 3.8) is 0 Å². The number of hydrogen-bond acceptors (Lipinski definition) is 2. The van der Waals surface area contributed by atoms with Gasteiger partial charge in [0.1, 0.15) is 5.75 Å². The summed E-state index contributed by atoms with van der Waals surface area (Å²) in [5.41, 5.74) is 1.89. The Balaban J connectivity index is 2.29. The number of rotatable bonds is 3. The van der Waals surface area contributed by atoms with Gasteiger partial charge in [-0.15, -0.1) is 0 Å². The van der Waals surface area contributed by atoms with Crippen LogP contribution in [0.25, 0.3) is 0 Å². The molecule has 1 aromatic carbocycles. The minimum absolute atomic E-state index is 0.110. The molecule has 1 amide bonds. The van der Waals surface area contributed by atoms with Crippen LogP contribution in [0.1, 0.15) is 54.9 Å². The summed E-state index contributed by atoms with van der Waals surface area (Å²) in [5.74, 6) is 1.21. The molecule has 0 bridgehead atoms. The largest absolute Gasteiger partial charge is 0.496 e. The smallest absolute Gasteiger partial charge is 0.257 e. The van der Waals surface area contributed by atoms with E-state index in [9.17, 15) is 4.79 Å². The highest BCUT2D eigenvalue weighted by Crippen LogP contribution is 2.26. The van der Waals surface area contributed by atoms with Crippen molar-refractivity contribution in [1.82, 2.24) is 4.90 Å². The summed E-state index contributed by atoms with van der Waals surface area (Å²) in [7, 11) is 1.62. The van der Waals surface area contributed by atoms with Gasteiger partial charge in [-0.05, 0) is 42.9 Å². The molecule has 0 atom stereocenters. The number of amides is 1. The Labute approximate surface area is 115 Å². The van der Waals surface area contributed by atoms with E-state index in [0.29, 0.717) is 17.2 Å². The molecule has 1 aliphatic heterocycles. The quantitative estimate of drug-likeness (QED) is 0.834. The zero-order valence-electron chi connectivity index (χ0n) is 12.1. The monoisotopic (exact) mass is 261 g/mol. The zero-order valence-corrected chi connectivity index (χ0v) is 12.1. The van der Waals surface area contributed by atoms with Gasteiger partial charge in [0.2, 0.25) is 0 Å². The Hall–Kier alpha value is -1.51. The highest BCUT2D eigenvalue weighted by Gasteiger charge is 2.21. The van der Waals surface area contributed by atoms with Crippen molar-refractivity contribution in [3.8, 4) is 5.75 Å². The van der Waals surface area contributed by atoms with Crippen LogP contribution in [0, 0.1) is 0 Å². The SMILES string of the molecule is COc1ccc(C(C)C)cc1C(=O)N1CCCCC1. The fourth-order valence-corrected chi connectivity index (χ4v) is 2.52. The molecule has 3 heteroatoms. The van der Waals surface area contributed by atoms with Gasteiger partial charge < -0.3 is 9.64 Å². The van der Waals surface area contributed by atoms with Gasteiger partial charge in [-0.1, -0.05) is 19.9 Å². The minimum atomic E-state index is 0.110. The van der Waals surface area contributed by atoms with Crippen LogP contribution in [-0.4, -0.2) is 31.0 Å². The number of hydrogen-bond donors (Lipinski definition) is 0. The molecule has 3 nitrogen and oxygen atoms in total. The standard InChI is InChI=1S/C16H23NO2/c1-12(2)13-7-8-15(19-3)14(11-13)16(18)17-9-5-4-6-10-17/h7-8,11-12H,4-6,9-10H2,1-3H3. The zero-order chi connectivity index (χ0) is 13.8. The molecule has 0 aliphatic carbocycles. The first kappa shape index (κ1) is 13.9. The van der Waals surface area contributed by atoms with Crippen molar-refractivity contribution in [2.45, 2.75) is 39.0 Å². The molecule has 0 unspecified atom stereocenters. The summed E-state index contributed by atoms with van der Waals surface area (Å²) in [6.45, 7) is 6.01. The van der Waals surface area contributed by atoms with Crippen LogP contribution in [0.2, 0.25) is 0 Å². The molecule has 19 heavy (non-hydrogen) atoms. The van der Waals surface area contributed by atoms with E-state index in [-0.39, 0.29) is 5.91 Å². The van der Waals surface area contributed by atoms with Crippen LogP contribution in [0.15, 0.2) is 18.2 Å². The second-order valence-corrected chi connectivity index (χ2v) is 5.47. The molecule has 1 saturated heterocycles. The molecule has 2 rings (SSSR count). The number of nitrogens with zero attached hydrogens (tertiary/aromatic N) is 1. The highest BCUT2D eigenvalue weighted by atomic mass is 16.5. The first-order valence-electron chi connectivity index (χ1n) is 7.10. The van der Waals surface area contributed by atoms with Crippen molar-refractivity contribution in [1.29, 1.82) is 0 Å². The number of benzene rings is 1. The van der Waals surface area contributed by atoms with Gasteiger partial charge in [-0.3, -0.25) is 4.79 Å². The molecule has 0 saturated carbocycles. The van der Waals surface area contributed by atoms with Crippen LogP contribution in [0.5, 0.6) is 5.75 Å². The molecular formula is C16H23NO2. The topological polar surface area (TPSA) is 29.5 Å². The molecular weight excluding hydrogens is 238 g/mol. The number of piperidine rings is 1. The predicted octanol–water partition coefficient (Wildman–Crippen LogP) is 3.44. The Morgan fingerprint density at radius 2 is 1.89 bits per heavy atom. The van der Waals surface area contributed by atoms with Gasteiger partial charge >= 0.3 is 0 Å². The predicted molar refractivity (Wildman–Crippen MR) is 76.8 cm³/mol. The average Bonchev–Trinajstić information content (AvgIpc) is 2.46. The fraction of sp³-hybridized carbons (Fsp3) is 0.562. The Morgan fingerprint density at radius 1 is 1.21 bits per heavy atom. The van der Waals surface area contributed by atoms with E-state index < -0.39 is 0 Å². The normalized spacial score (nSPS) is 15.7. The lowest BCUT2D eigenvalue weighted by atomic mass is 9.99. The van der Waals surface area contributed by atoms with Crippen molar-refractivity contribution in [2.24, 2.45) is 0 Å². The third kappa shape index (κ3) is 3.09. The maximum absolute atomic E-state index is 12.6. The lowest BCUT2D eigenvalue weighted by Crippen LogP contribution is -2.35. The molecule has 1 fully saturated rings. The lowest BCUT2D eigenvalue weighted by molar-refractivity contribution is 0.0721. The van der Waals surface area contributed by atoms with E-state index in [0.717, 1.165) is 25.9 Å². The van der Waals surface area contributed by atoms with Crippen LogP contribution >= 0.6 is 0 Å². The maximum atomic E-state index is 12.6. The van der Waals surface area contributed by atoms with Crippen LogP contribution < -0.4 is 4.74 Å². The summed E-state index contributed by atoms with van der Waals surface area (Å²) in [4.78, 5) is 14.6. The van der Waals surface area contributed by atoms with E-state index in [1.165, 1.54) is 12.0 Å². The third-order valence-corrected chi connectivity index (χ3v) is 3.76. The first-order chi connectivity index (χ1) is 9.13. The molecule has 104 valence electrons.